The van der Waals surface area contributed by atoms with Gasteiger partial charge in [-0.25, -0.2) is 9.37 Å². The van der Waals surface area contributed by atoms with Gasteiger partial charge < -0.3 is 14.4 Å². The number of aryl methyl sites for hydroxylation is 1. The van der Waals surface area contributed by atoms with Crippen molar-refractivity contribution in [3.63, 3.8) is 0 Å². The lowest BCUT2D eigenvalue weighted by molar-refractivity contribution is -0.128. The number of halogens is 1. The Bertz CT molecular complexity index is 1110. The van der Waals surface area contributed by atoms with E-state index in [1.807, 2.05) is 42.6 Å². The van der Waals surface area contributed by atoms with Gasteiger partial charge >= 0.3 is 0 Å². The van der Waals surface area contributed by atoms with Gasteiger partial charge in [-0.2, -0.15) is 0 Å². The van der Waals surface area contributed by atoms with Crippen LogP contribution in [0, 0.1) is 12.7 Å². The lowest BCUT2D eigenvalue weighted by Crippen LogP contribution is -2.35. The van der Waals surface area contributed by atoms with Crippen LogP contribution in [0.25, 0.3) is 6.08 Å². The minimum atomic E-state index is -0.311. The second-order valence-electron chi connectivity index (χ2n) is 8.00. The summed E-state index contributed by atoms with van der Waals surface area (Å²) < 4.78 is 25.4. The number of benzene rings is 2. The van der Waals surface area contributed by atoms with Gasteiger partial charge in [-0.3, -0.25) is 4.79 Å². The molecule has 0 radical (unpaired) electrons. The Kier molecular flexibility index (Phi) is 7.86. The fourth-order valence-electron chi connectivity index (χ4n) is 3.76. The number of carbonyl (C=O) groups is 1. The van der Waals surface area contributed by atoms with Crippen molar-refractivity contribution in [3.8, 4) is 5.75 Å². The first-order chi connectivity index (χ1) is 16.1. The van der Waals surface area contributed by atoms with Crippen LogP contribution in [0.1, 0.15) is 34.7 Å². The Morgan fingerprint density at radius 1 is 1.30 bits per heavy atom. The van der Waals surface area contributed by atoms with Crippen LogP contribution in [0.4, 0.5) is 4.39 Å². The first-order valence-corrected chi connectivity index (χ1v) is 11.9. The third kappa shape index (κ3) is 6.73. The molecule has 0 spiro atoms. The van der Waals surface area contributed by atoms with E-state index >= 15 is 0 Å². The molecule has 7 heteroatoms. The highest BCUT2D eigenvalue weighted by atomic mass is 32.1. The summed E-state index contributed by atoms with van der Waals surface area (Å²) in [5, 5.41) is 2.98. The van der Waals surface area contributed by atoms with Crippen LogP contribution in [0.5, 0.6) is 5.75 Å². The standard InChI is InChI=1S/C26H27FN2O3S/c1-19-28-23(18-33-19)17-32-25-10-3-2-7-21(25)11-12-26(30)29(16-24-9-5-13-31-24)15-20-6-4-8-22(27)14-20/h2-4,6-8,10-12,14,18,24H,5,9,13,15-17H2,1H3/b12-11+. The fraction of sp³-hybridized carbons (Fsp3) is 0.308. The molecule has 1 fully saturated rings. The Morgan fingerprint density at radius 3 is 2.94 bits per heavy atom. The molecule has 1 unspecified atom stereocenters. The molecular formula is C26H27FN2O3S. The monoisotopic (exact) mass is 466 g/mol. The first-order valence-electron chi connectivity index (χ1n) is 11.0. The molecule has 3 aromatic rings. The van der Waals surface area contributed by atoms with Gasteiger partial charge in [0.15, 0.2) is 0 Å². The summed E-state index contributed by atoms with van der Waals surface area (Å²) in [6, 6.07) is 13.9. The number of para-hydroxylation sites is 1. The Labute approximate surface area is 197 Å². The molecule has 2 aromatic carbocycles. The molecule has 1 amide bonds. The van der Waals surface area contributed by atoms with Crippen molar-refractivity contribution >= 4 is 23.3 Å². The minimum absolute atomic E-state index is 0.00750. The van der Waals surface area contributed by atoms with Crippen LogP contribution in [0.2, 0.25) is 0 Å². The number of hydrogen-bond donors (Lipinski definition) is 0. The number of rotatable bonds is 9. The lowest BCUT2D eigenvalue weighted by atomic mass is 10.1. The van der Waals surface area contributed by atoms with Crippen LogP contribution in [0.3, 0.4) is 0 Å². The van der Waals surface area contributed by atoms with Gasteiger partial charge in [0.25, 0.3) is 0 Å². The SMILES string of the molecule is Cc1nc(COc2ccccc2/C=C/C(=O)N(Cc2cccc(F)c2)CC2CCCO2)cs1. The zero-order valence-corrected chi connectivity index (χ0v) is 19.4. The molecule has 1 aliphatic rings. The highest BCUT2D eigenvalue weighted by Crippen LogP contribution is 2.22. The van der Waals surface area contributed by atoms with Gasteiger partial charge in [-0.15, -0.1) is 11.3 Å². The number of amides is 1. The average Bonchev–Trinajstić information content (AvgIpc) is 3.48. The van der Waals surface area contributed by atoms with Crippen LogP contribution >= 0.6 is 11.3 Å². The van der Waals surface area contributed by atoms with Crippen LogP contribution in [-0.4, -0.2) is 35.0 Å². The van der Waals surface area contributed by atoms with E-state index in [4.69, 9.17) is 9.47 Å². The van der Waals surface area contributed by atoms with Crippen LogP contribution < -0.4 is 4.74 Å². The van der Waals surface area contributed by atoms with E-state index in [2.05, 4.69) is 4.98 Å². The third-order valence-electron chi connectivity index (χ3n) is 5.39. The molecule has 0 saturated carbocycles. The van der Waals surface area contributed by atoms with E-state index in [0.717, 1.165) is 34.7 Å². The fourth-order valence-corrected chi connectivity index (χ4v) is 4.36. The molecular weight excluding hydrogens is 439 g/mol. The molecule has 1 aromatic heterocycles. The predicted octanol–water partition coefficient (Wildman–Crippen LogP) is 5.39. The summed E-state index contributed by atoms with van der Waals surface area (Å²) in [6.45, 7) is 3.84. The second-order valence-corrected chi connectivity index (χ2v) is 9.06. The largest absolute Gasteiger partial charge is 0.487 e. The van der Waals surface area contributed by atoms with E-state index in [9.17, 15) is 9.18 Å². The zero-order chi connectivity index (χ0) is 23.0. The molecule has 0 aliphatic carbocycles. The van der Waals surface area contributed by atoms with E-state index in [1.54, 1.807) is 34.5 Å². The average molecular weight is 467 g/mol. The Morgan fingerprint density at radius 2 is 2.18 bits per heavy atom. The number of carbonyl (C=O) groups excluding carboxylic acids is 1. The van der Waals surface area contributed by atoms with Gasteiger partial charge in [0.1, 0.15) is 18.2 Å². The van der Waals surface area contributed by atoms with Crippen molar-refractivity contribution in [2.75, 3.05) is 13.2 Å². The van der Waals surface area contributed by atoms with Crippen LogP contribution in [-0.2, 0) is 22.7 Å². The quantitative estimate of drug-likeness (QED) is 0.397. The normalized spacial score (nSPS) is 15.8. The molecule has 1 aliphatic heterocycles. The Hall–Kier alpha value is -3.03. The van der Waals surface area contributed by atoms with Gasteiger partial charge in [-0.05, 0) is 49.6 Å². The van der Waals surface area contributed by atoms with E-state index < -0.39 is 0 Å². The highest BCUT2D eigenvalue weighted by molar-refractivity contribution is 7.09. The number of hydrogen-bond acceptors (Lipinski definition) is 5. The highest BCUT2D eigenvalue weighted by Gasteiger charge is 2.22. The van der Waals surface area contributed by atoms with E-state index in [-0.39, 0.29) is 17.8 Å². The molecule has 2 heterocycles. The topological polar surface area (TPSA) is 51.7 Å². The smallest absolute Gasteiger partial charge is 0.246 e. The first kappa shape index (κ1) is 23.1. The molecule has 0 N–H and O–H groups in total. The minimum Gasteiger partial charge on any atom is -0.487 e. The van der Waals surface area contributed by atoms with E-state index in [1.165, 1.54) is 12.1 Å². The molecule has 1 saturated heterocycles. The van der Waals surface area contributed by atoms with Crippen molar-refractivity contribution in [2.45, 2.75) is 39.0 Å². The number of ether oxygens (including phenoxy) is 2. The van der Waals surface area contributed by atoms with Crippen molar-refractivity contribution in [1.82, 2.24) is 9.88 Å². The van der Waals surface area contributed by atoms with E-state index in [0.29, 0.717) is 32.1 Å². The molecule has 0 bridgehead atoms. The maximum absolute atomic E-state index is 13.7. The number of nitrogens with zero attached hydrogens (tertiary/aromatic N) is 2. The number of thiazole rings is 1. The van der Waals surface area contributed by atoms with Crippen molar-refractivity contribution in [1.29, 1.82) is 0 Å². The van der Waals surface area contributed by atoms with Crippen LogP contribution in [0.15, 0.2) is 60.0 Å². The Balaban J connectivity index is 1.46. The molecule has 5 nitrogen and oxygen atoms in total. The van der Waals surface area contributed by atoms with Gasteiger partial charge in [0.2, 0.25) is 5.91 Å². The third-order valence-corrected chi connectivity index (χ3v) is 6.21. The van der Waals surface area contributed by atoms with Crippen molar-refractivity contribution in [3.05, 3.63) is 87.6 Å². The maximum atomic E-state index is 13.7. The van der Waals surface area contributed by atoms with Gasteiger partial charge in [0, 0.05) is 36.7 Å². The van der Waals surface area contributed by atoms with Crippen molar-refractivity contribution in [2.24, 2.45) is 0 Å². The summed E-state index contributed by atoms with van der Waals surface area (Å²) in [5.41, 5.74) is 2.43. The summed E-state index contributed by atoms with van der Waals surface area (Å²) in [4.78, 5) is 19.3. The molecule has 172 valence electrons. The second kappa shape index (κ2) is 11.2. The summed E-state index contributed by atoms with van der Waals surface area (Å²) in [5.74, 6) is 0.219. The zero-order valence-electron chi connectivity index (χ0n) is 18.6. The molecule has 1 atom stereocenters. The molecule has 4 rings (SSSR count). The summed E-state index contributed by atoms with van der Waals surface area (Å²) in [7, 11) is 0. The lowest BCUT2D eigenvalue weighted by Gasteiger charge is -2.24. The van der Waals surface area contributed by atoms with Crippen molar-refractivity contribution < 1.29 is 18.7 Å². The number of aromatic nitrogens is 1. The predicted molar refractivity (Wildman–Crippen MR) is 127 cm³/mol. The molecule has 33 heavy (non-hydrogen) atoms. The van der Waals surface area contributed by atoms with Gasteiger partial charge in [-0.1, -0.05) is 30.3 Å². The maximum Gasteiger partial charge on any atom is 0.246 e. The summed E-state index contributed by atoms with van der Waals surface area (Å²) >= 11 is 1.59. The summed E-state index contributed by atoms with van der Waals surface area (Å²) in [6.07, 6.45) is 5.23. The van der Waals surface area contributed by atoms with Gasteiger partial charge in [0.05, 0.1) is 16.8 Å².